The van der Waals surface area contributed by atoms with Crippen LogP contribution in [0.5, 0.6) is 69.0 Å². The number of ketones is 6. The zero-order valence-corrected chi connectivity index (χ0v) is 81.2. The van der Waals surface area contributed by atoms with Gasteiger partial charge in [0.05, 0.1) is 125 Å². The SMILES string of the molecule is C.C.C.[2H]C([2H])([2H])Oc1cc2c(cc1OC)C([2H])([2H])C([2H])([2H])N1C([2H])([2H])C([2H])(C([2H])([2H])C([2H])(C([2H])([2H])[2H])C([2H])([2H])C)C(=O)C([2H])([2H])C21[2H].[2H]c1c2c(c([2H])c(OC([2H])([2H])[2H])c1OC)C1CC(=O)C(C([2H])([2H])C([2H])(C([2H])([2H])[2H])C([2H])([2H])C)CN1CC2.[2H]c1c2c(c([2H])c(OC([2H])([2H])[2H])c1OC)C1CC(=O)C(CC(C)C)C([2H])([2H])N1CC2.[2H]c1c2c(c([2H])c(OC([2H])([2H])[2H])c1OC)C1CC(=O)C(CC(C)C)CN1CC2.[2H]c1c2c(c([2H])c(OC([2H])([2H])[2H])c1OC)C1N(CC2)CC([2H])(C([2H])([2H])C([2H])(C([2H])([2H])[2H])C([2H])([2H])C)C(=O)C1([2H])[2H].[2H]c1c2c(c([2H])c(OC([2H])([2H])[2H])c1OC)C1N(CC2)CC([2H])(CC(C)C)C(=O)C1([2H])[2H]. The van der Waals surface area contributed by atoms with E-state index in [2.05, 4.69) is 18.7 Å². The molecule has 0 spiro atoms. The molecule has 0 aromatic heterocycles. The maximum absolute atomic E-state index is 14.1. The lowest BCUT2D eigenvalue weighted by Crippen LogP contribution is -2.46. The van der Waals surface area contributed by atoms with E-state index in [0.29, 0.717) is 105 Å². The number of aryl methyl sites for hydroxylation is 1. The Kier molecular flexibility index (Phi) is 19.6. The minimum absolute atomic E-state index is 0. The lowest BCUT2D eigenvalue weighted by atomic mass is 9.79. The third-order valence-electron chi connectivity index (χ3n) is 25.6. The molecule has 6 fully saturated rings. The molecule has 798 valence electrons. The molecule has 0 amide bonds. The van der Waals surface area contributed by atoms with Gasteiger partial charge in [-0.1, -0.05) is 124 Å². The Balaban J connectivity index is 0.000000254. The number of nitrogens with zero attached hydrogens (tertiary/aromatic N) is 6. The van der Waals surface area contributed by atoms with Crippen LogP contribution in [0.25, 0.3) is 0 Å². The first-order chi connectivity index (χ1) is 94.8. The molecule has 24 nitrogen and oxygen atoms in total. The molecule has 0 bridgehead atoms. The van der Waals surface area contributed by atoms with Crippen molar-refractivity contribution in [2.45, 2.75) is 276 Å². The van der Waals surface area contributed by atoms with Crippen molar-refractivity contribution in [1.82, 2.24) is 29.4 Å². The van der Waals surface area contributed by atoms with Crippen LogP contribution in [-0.4, -0.2) is 227 Å². The first-order valence-corrected chi connectivity index (χ1v) is 45.9. The molecule has 6 aromatic rings. The van der Waals surface area contributed by atoms with Crippen LogP contribution < -0.4 is 56.8 Å². The summed E-state index contributed by atoms with van der Waals surface area (Å²) in [5, 5.41) is 0. The molecule has 24 heteroatoms. The second kappa shape index (κ2) is 53.5. The third-order valence-corrected chi connectivity index (χ3v) is 25.6. The van der Waals surface area contributed by atoms with E-state index in [1.54, 1.807) is 14.7 Å². The first kappa shape index (κ1) is 52.7. The van der Waals surface area contributed by atoms with Gasteiger partial charge in [0.15, 0.2) is 69.0 Å². The van der Waals surface area contributed by atoms with Gasteiger partial charge < -0.3 is 56.8 Å². The molecule has 0 saturated carbocycles. The highest BCUT2D eigenvalue weighted by atomic mass is 16.5. The molecule has 12 aliphatic heterocycles. The number of Topliss-reactive ketones (excluding diaryl/α,β-unsaturated/α-hetero) is 6. The van der Waals surface area contributed by atoms with Crippen molar-refractivity contribution >= 4 is 34.7 Å². The van der Waals surface area contributed by atoms with E-state index < -0.39 is 328 Å². The minimum atomic E-state index is -4.58. The zero-order chi connectivity index (χ0) is 162. The zero-order valence-electron chi connectivity index (χ0n) is 151. The van der Waals surface area contributed by atoms with Gasteiger partial charge in [-0.15, -0.1) is 0 Å². The number of piperidine rings is 6. The van der Waals surface area contributed by atoms with Gasteiger partial charge in [-0.05, 0) is 252 Å². The molecule has 12 aliphatic rings. The maximum Gasteiger partial charge on any atom is 0.161 e. The summed E-state index contributed by atoms with van der Waals surface area (Å²) >= 11 is 0. The summed E-state index contributed by atoms with van der Waals surface area (Å²) in [6.45, 7) is -7.24. The van der Waals surface area contributed by atoms with E-state index >= 15 is 0 Å². The van der Waals surface area contributed by atoms with Gasteiger partial charge in [0.2, 0.25) is 0 Å². The standard InChI is InChI=1S/3C20H29NO3.3C19H27NO3.3CH4/c3*1-5-13(2)8-15-12-21-7-6-14-9-19(23-3)20(24-4)10-16(14)17(21)11-18(15)22;3*1-12(2)7-14-11-20-6-5-13-8-18(22-3)19(23-4)9-15(13)16(20)10-17(14)21;;;/h3*9-10,13,15,17H,5-8,11-12H2,1-4H3;3*8-9,12,14,16H,5-7,10-11H2,1-4H3;3*1H4/i2D3,4D3,5D2,6D2,7D2,8D2,11D2,12D2,13D,15D,17D;2D3,4D3,5D2,8D2,9D,10D,11D2,13D,15D;2D3,4D3,5D2,8D2,9D,10D,13D;4D3,8D,9D,10D2,14D;4D3,8D,9D,11D2;4D3,8D,9D;;;. The highest BCUT2D eigenvalue weighted by molar-refractivity contribution is 5.86. The summed E-state index contributed by atoms with van der Waals surface area (Å²) in [5.41, 5.74) is 0.559. The van der Waals surface area contributed by atoms with Crippen LogP contribution in [-0.2, 0) is 67.2 Å². The van der Waals surface area contributed by atoms with Crippen LogP contribution in [0, 0.1) is 70.9 Å². The number of methoxy groups -OCH3 is 12. The Labute approximate surface area is 963 Å². The average Bonchev–Trinajstić information content (AvgIpc) is 0.634. The Morgan fingerprint density at radius 2 is 0.660 bits per heavy atom. The molecule has 0 radical (unpaired) electrons. The molecule has 6 aromatic carbocycles. The monoisotopic (exact) mass is 2060 g/mol. The van der Waals surface area contributed by atoms with Crippen molar-refractivity contribution in [3.63, 3.8) is 0 Å². The smallest absolute Gasteiger partial charge is 0.161 e. The van der Waals surface area contributed by atoms with Crippen LogP contribution >= 0.6 is 0 Å². The van der Waals surface area contributed by atoms with Gasteiger partial charge >= 0.3 is 0 Å². The predicted molar refractivity (Wildman–Crippen MR) is 575 cm³/mol. The Morgan fingerprint density at radius 3 is 1.06 bits per heavy atom. The Morgan fingerprint density at radius 1 is 0.340 bits per heavy atom. The molecule has 0 aliphatic carbocycles. The molecular weight excluding hydrogens is 1810 g/mol. The minimum Gasteiger partial charge on any atom is -0.493 e. The first-order valence-electron chi connectivity index (χ1n) is 80.9. The van der Waals surface area contributed by atoms with E-state index in [-0.39, 0.29) is 227 Å². The molecule has 15 unspecified atom stereocenters. The van der Waals surface area contributed by atoms with Crippen LogP contribution in [0.15, 0.2) is 72.6 Å². The number of carbonyl (C=O) groups excluding carboxylic acids is 6. The second-order valence-electron chi connectivity index (χ2n) is 35.9. The van der Waals surface area contributed by atoms with Crippen LogP contribution in [0.3, 0.4) is 0 Å². The van der Waals surface area contributed by atoms with Gasteiger partial charge in [-0.3, -0.25) is 58.2 Å². The lowest BCUT2D eigenvalue weighted by Gasteiger charge is -2.43. The Bertz CT molecular complexity index is 8690. The van der Waals surface area contributed by atoms with Crippen LogP contribution in [0.1, 0.15) is 400 Å². The van der Waals surface area contributed by atoms with E-state index in [0.717, 1.165) is 32.5 Å². The van der Waals surface area contributed by atoms with Gasteiger partial charge in [0.25, 0.3) is 0 Å². The fourth-order valence-corrected chi connectivity index (χ4v) is 18.8. The topological polar surface area (TPSA) is 233 Å². The van der Waals surface area contributed by atoms with Gasteiger partial charge in [-0.25, -0.2) is 0 Å². The fourth-order valence-electron chi connectivity index (χ4n) is 18.8. The number of benzene rings is 6. The lowest BCUT2D eigenvalue weighted by molar-refractivity contribution is -0.130. The fraction of sp³-hybridized carbons (Fsp3) is 0.650. The van der Waals surface area contributed by atoms with E-state index in [1.807, 2.05) is 27.7 Å². The molecule has 18 rings (SSSR count). The predicted octanol–water partition coefficient (Wildman–Crippen LogP) is 22.5. The quantitative estimate of drug-likeness (QED) is 0.0466. The number of fused-ring (bicyclic) bond motifs is 18. The highest BCUT2D eigenvalue weighted by Crippen LogP contribution is 2.51. The molecule has 15 atom stereocenters. The largest absolute Gasteiger partial charge is 0.493 e. The maximum atomic E-state index is 14.1. The molecular formula is C120H180N6O18. The van der Waals surface area contributed by atoms with Crippen molar-refractivity contribution in [2.75, 3.05) is 163 Å². The van der Waals surface area contributed by atoms with Crippen molar-refractivity contribution in [2.24, 2.45) is 70.9 Å². The summed E-state index contributed by atoms with van der Waals surface area (Å²) in [6.07, 6.45) is -31.9. The number of ether oxygens (including phenoxy) is 12. The molecule has 144 heavy (non-hydrogen) atoms. The molecule has 12 heterocycles. The van der Waals surface area contributed by atoms with Gasteiger partial charge in [0, 0.05) is 245 Å². The number of hydrogen-bond donors (Lipinski definition) is 0. The number of hydrogen-bond acceptors (Lipinski definition) is 24. The molecule has 6 saturated heterocycles. The van der Waals surface area contributed by atoms with E-state index in [9.17, 15) is 30.1 Å². The summed E-state index contributed by atoms with van der Waals surface area (Å²) in [7, 11) is -10.7. The third kappa shape index (κ3) is 27.2. The molecule has 0 N–H and O–H groups in total. The van der Waals surface area contributed by atoms with E-state index in [4.69, 9.17) is 151 Å². The Hall–Kier alpha value is -9.30. The van der Waals surface area contributed by atoms with Gasteiger partial charge in [-0.2, -0.15) is 0 Å². The highest BCUT2D eigenvalue weighted by Gasteiger charge is 2.47. The second-order valence-corrected chi connectivity index (χ2v) is 35.9. The van der Waals surface area contributed by atoms with Crippen molar-refractivity contribution in [1.29, 1.82) is 0 Å². The van der Waals surface area contributed by atoms with Crippen molar-refractivity contribution in [3.05, 3.63) is 139 Å². The summed E-state index contributed by atoms with van der Waals surface area (Å²) in [5.74, 6) is -33.2. The van der Waals surface area contributed by atoms with E-state index in [1.165, 1.54) is 28.4 Å². The summed E-state index contributed by atoms with van der Waals surface area (Å²) < 4.78 is 633. The summed E-state index contributed by atoms with van der Waals surface area (Å²) in [6, 6.07) is -10.2. The van der Waals surface area contributed by atoms with Crippen LogP contribution in [0.2, 0.25) is 0 Å². The van der Waals surface area contributed by atoms with Crippen molar-refractivity contribution < 1.29 is 182 Å². The van der Waals surface area contributed by atoms with Crippen LogP contribution in [0.4, 0.5) is 0 Å². The summed E-state index contributed by atoms with van der Waals surface area (Å²) in [4.78, 5) is 87.5. The average molecular weight is 2070 g/mol. The number of carbonyl (C=O) groups is 6. The normalized spacial score (nSPS) is 37.8. The number of rotatable bonds is 27. The van der Waals surface area contributed by atoms with Crippen molar-refractivity contribution in [3.8, 4) is 69.0 Å². The van der Waals surface area contributed by atoms with Gasteiger partial charge in [0.1, 0.15) is 34.7 Å².